The fourth-order valence-electron chi connectivity index (χ4n) is 2.10. The number of aromatic nitrogens is 2. The molecule has 0 saturated heterocycles. The normalized spacial score (nSPS) is 12.7. The molecule has 0 aliphatic rings. The highest BCUT2D eigenvalue weighted by Crippen LogP contribution is 2.29. The van der Waals surface area contributed by atoms with Gasteiger partial charge in [0.05, 0.1) is 22.5 Å². The van der Waals surface area contributed by atoms with Crippen LogP contribution in [-0.2, 0) is 13.5 Å². The lowest BCUT2D eigenvalue weighted by atomic mass is 10.0. The molecular formula is C14H16BrClN2O. The molecule has 102 valence electrons. The molecule has 1 atom stereocenters. The first-order valence-electron chi connectivity index (χ1n) is 6.02. The van der Waals surface area contributed by atoms with Gasteiger partial charge in [-0.3, -0.25) is 4.68 Å². The molecule has 0 saturated carbocycles. The van der Waals surface area contributed by atoms with Crippen LogP contribution in [0.5, 0.6) is 0 Å². The van der Waals surface area contributed by atoms with Gasteiger partial charge in [0.1, 0.15) is 0 Å². The minimum absolute atomic E-state index is 0.442. The van der Waals surface area contributed by atoms with Crippen molar-refractivity contribution >= 4 is 27.5 Å². The topological polar surface area (TPSA) is 38.1 Å². The molecule has 19 heavy (non-hydrogen) atoms. The largest absolute Gasteiger partial charge is 0.388 e. The molecule has 1 aromatic carbocycles. The fourth-order valence-corrected chi connectivity index (χ4v) is 3.09. The number of aliphatic hydroxyl groups excluding tert-OH is 1. The average Bonchev–Trinajstić information content (AvgIpc) is 2.56. The molecule has 3 nitrogen and oxygen atoms in total. The highest BCUT2D eigenvalue weighted by Gasteiger charge is 2.18. The monoisotopic (exact) mass is 342 g/mol. The van der Waals surface area contributed by atoms with Crippen LogP contribution in [0.4, 0.5) is 0 Å². The molecule has 0 radical (unpaired) electrons. The van der Waals surface area contributed by atoms with Crippen LogP contribution in [-0.4, -0.2) is 14.9 Å². The minimum atomic E-state index is -0.609. The first kappa shape index (κ1) is 14.6. The number of aryl methyl sites for hydroxylation is 3. The number of hydrogen-bond acceptors (Lipinski definition) is 2. The number of nitrogens with zero attached hydrogens (tertiary/aromatic N) is 2. The quantitative estimate of drug-likeness (QED) is 0.922. The van der Waals surface area contributed by atoms with Crippen molar-refractivity contribution in [1.29, 1.82) is 0 Å². The molecule has 1 unspecified atom stereocenters. The lowest BCUT2D eigenvalue weighted by Gasteiger charge is -2.14. The Balaban J connectivity index is 2.28. The van der Waals surface area contributed by atoms with Gasteiger partial charge in [-0.05, 0) is 31.0 Å². The van der Waals surface area contributed by atoms with Crippen LogP contribution in [0.3, 0.4) is 0 Å². The van der Waals surface area contributed by atoms with Gasteiger partial charge in [0, 0.05) is 17.9 Å². The van der Waals surface area contributed by atoms with Crippen LogP contribution in [0, 0.1) is 13.8 Å². The number of rotatable bonds is 3. The Bertz CT molecular complexity index is 610. The number of benzene rings is 1. The Hall–Kier alpha value is -0.840. The summed E-state index contributed by atoms with van der Waals surface area (Å²) in [4.78, 5) is 0. The van der Waals surface area contributed by atoms with Crippen LogP contribution >= 0.6 is 27.5 Å². The second kappa shape index (κ2) is 5.65. The molecule has 1 aromatic heterocycles. The second-order valence-electron chi connectivity index (χ2n) is 4.71. The molecule has 0 aliphatic carbocycles. The van der Waals surface area contributed by atoms with Crippen molar-refractivity contribution in [2.75, 3.05) is 0 Å². The van der Waals surface area contributed by atoms with Gasteiger partial charge >= 0.3 is 0 Å². The Kier molecular flexibility index (Phi) is 4.33. The first-order valence-corrected chi connectivity index (χ1v) is 7.19. The maximum Gasteiger partial charge on any atom is 0.0856 e. The summed E-state index contributed by atoms with van der Waals surface area (Å²) in [5.41, 5.74) is 3.64. The van der Waals surface area contributed by atoms with Crippen molar-refractivity contribution in [3.8, 4) is 0 Å². The van der Waals surface area contributed by atoms with Crippen LogP contribution in [0.2, 0.25) is 5.02 Å². The van der Waals surface area contributed by atoms with E-state index in [1.807, 2.05) is 39.1 Å². The number of aliphatic hydroxyl groups is 1. The van der Waals surface area contributed by atoms with E-state index in [9.17, 15) is 5.11 Å². The lowest BCUT2D eigenvalue weighted by Crippen LogP contribution is -2.07. The van der Waals surface area contributed by atoms with E-state index in [0.29, 0.717) is 11.4 Å². The third-order valence-electron chi connectivity index (χ3n) is 3.16. The highest BCUT2D eigenvalue weighted by molar-refractivity contribution is 9.10. The summed E-state index contributed by atoms with van der Waals surface area (Å²) in [6.45, 7) is 3.88. The summed E-state index contributed by atoms with van der Waals surface area (Å²) in [6.07, 6.45) is -0.167. The van der Waals surface area contributed by atoms with E-state index in [4.69, 9.17) is 11.6 Å². The zero-order valence-corrected chi connectivity index (χ0v) is 13.5. The minimum Gasteiger partial charge on any atom is -0.388 e. The first-order chi connectivity index (χ1) is 8.90. The van der Waals surface area contributed by atoms with Gasteiger partial charge in [-0.1, -0.05) is 39.7 Å². The van der Waals surface area contributed by atoms with Gasteiger partial charge in [-0.25, -0.2) is 0 Å². The molecule has 1 N–H and O–H groups in total. The van der Waals surface area contributed by atoms with Crippen LogP contribution in [0.1, 0.15) is 28.6 Å². The third kappa shape index (κ3) is 3.02. The Morgan fingerprint density at radius 3 is 2.63 bits per heavy atom. The molecular weight excluding hydrogens is 328 g/mol. The zero-order chi connectivity index (χ0) is 14.2. The fraction of sp³-hybridized carbons (Fsp3) is 0.357. The maximum atomic E-state index is 10.4. The predicted molar refractivity (Wildman–Crippen MR) is 80.5 cm³/mol. The summed E-state index contributed by atoms with van der Waals surface area (Å²) in [6, 6.07) is 5.91. The van der Waals surface area contributed by atoms with E-state index >= 15 is 0 Å². The van der Waals surface area contributed by atoms with E-state index in [1.165, 1.54) is 0 Å². The number of halogens is 2. The Morgan fingerprint density at radius 2 is 2.11 bits per heavy atom. The highest BCUT2D eigenvalue weighted by atomic mass is 79.9. The van der Waals surface area contributed by atoms with Crippen molar-refractivity contribution in [3.05, 3.63) is 50.2 Å². The summed E-state index contributed by atoms with van der Waals surface area (Å²) < 4.78 is 2.64. The van der Waals surface area contributed by atoms with E-state index in [1.54, 1.807) is 4.68 Å². The lowest BCUT2D eigenvalue weighted by molar-refractivity contribution is 0.175. The van der Waals surface area contributed by atoms with Gasteiger partial charge < -0.3 is 5.11 Å². The van der Waals surface area contributed by atoms with Gasteiger partial charge in [0.25, 0.3) is 0 Å². The average molecular weight is 344 g/mol. The van der Waals surface area contributed by atoms with Crippen LogP contribution < -0.4 is 0 Å². The van der Waals surface area contributed by atoms with E-state index in [2.05, 4.69) is 21.0 Å². The molecule has 0 fully saturated rings. The second-order valence-corrected chi connectivity index (χ2v) is 5.95. The standard InChI is InChI=1S/C14H16BrClN2O/c1-8-4-5-10(11(15)6-8)13(19)7-12-14(16)9(2)17-18(12)3/h4-6,13,19H,7H2,1-3H3. The van der Waals surface area contributed by atoms with Gasteiger partial charge in [-0.15, -0.1) is 0 Å². The third-order valence-corrected chi connectivity index (χ3v) is 4.34. The molecule has 0 bridgehead atoms. The smallest absolute Gasteiger partial charge is 0.0856 e. The van der Waals surface area contributed by atoms with Gasteiger partial charge in [0.2, 0.25) is 0 Å². The van der Waals surface area contributed by atoms with Crippen molar-refractivity contribution in [2.24, 2.45) is 7.05 Å². The zero-order valence-electron chi connectivity index (χ0n) is 11.1. The van der Waals surface area contributed by atoms with E-state index in [0.717, 1.165) is 27.0 Å². The predicted octanol–water partition coefficient (Wildman–Crippen LogP) is 3.73. The van der Waals surface area contributed by atoms with Gasteiger partial charge in [0.15, 0.2) is 0 Å². The maximum absolute atomic E-state index is 10.4. The van der Waals surface area contributed by atoms with Crippen LogP contribution in [0.25, 0.3) is 0 Å². The van der Waals surface area contributed by atoms with Crippen molar-refractivity contribution < 1.29 is 5.11 Å². The van der Waals surface area contributed by atoms with E-state index < -0.39 is 6.10 Å². The van der Waals surface area contributed by atoms with Crippen LogP contribution in [0.15, 0.2) is 22.7 Å². The van der Waals surface area contributed by atoms with E-state index in [-0.39, 0.29) is 0 Å². The Morgan fingerprint density at radius 1 is 1.42 bits per heavy atom. The SMILES string of the molecule is Cc1ccc(C(O)Cc2c(Cl)c(C)nn2C)c(Br)c1. The molecule has 2 aromatic rings. The summed E-state index contributed by atoms with van der Waals surface area (Å²) in [7, 11) is 1.84. The summed E-state index contributed by atoms with van der Waals surface area (Å²) >= 11 is 9.69. The van der Waals surface area contributed by atoms with Crippen molar-refractivity contribution in [1.82, 2.24) is 9.78 Å². The number of hydrogen-bond donors (Lipinski definition) is 1. The van der Waals surface area contributed by atoms with Gasteiger partial charge in [-0.2, -0.15) is 5.10 Å². The van der Waals surface area contributed by atoms with Crippen molar-refractivity contribution in [3.63, 3.8) is 0 Å². The molecule has 1 heterocycles. The molecule has 0 amide bonds. The molecule has 0 aliphatic heterocycles. The summed E-state index contributed by atoms with van der Waals surface area (Å²) in [5.74, 6) is 0. The summed E-state index contributed by atoms with van der Waals surface area (Å²) in [5, 5.41) is 15.3. The van der Waals surface area contributed by atoms with Crippen molar-refractivity contribution in [2.45, 2.75) is 26.4 Å². The molecule has 5 heteroatoms. The molecule has 0 spiro atoms. The Labute approximate surface area is 126 Å². The molecule has 2 rings (SSSR count).